The molecule has 0 atom stereocenters. The van der Waals surface area contributed by atoms with Crippen molar-refractivity contribution in [2.24, 2.45) is 0 Å². The monoisotopic (exact) mass is 452 g/mol. The molecule has 1 amide bonds. The Kier molecular flexibility index (Phi) is 6.69. The second-order valence-corrected chi connectivity index (χ2v) is 7.73. The van der Waals surface area contributed by atoms with Crippen molar-refractivity contribution in [1.29, 1.82) is 0 Å². The first-order chi connectivity index (χ1) is 16.0. The Balaban J connectivity index is 1.46. The second-order valence-electron chi connectivity index (χ2n) is 7.73. The molecule has 2 aromatic carbocycles. The minimum atomic E-state index is -0.561. The highest BCUT2D eigenvalue weighted by atomic mass is 16.5. The van der Waals surface area contributed by atoms with Crippen LogP contribution in [-0.2, 0) is 9.53 Å². The number of nitrogens with zero attached hydrogens (tertiary/aromatic N) is 2. The summed E-state index contributed by atoms with van der Waals surface area (Å²) in [4.78, 5) is 32.6. The lowest BCUT2D eigenvalue weighted by atomic mass is 10.2. The predicted octanol–water partition coefficient (Wildman–Crippen LogP) is 2.73. The maximum atomic E-state index is 12.9. The van der Waals surface area contributed by atoms with E-state index in [0.717, 1.165) is 37.6 Å². The first kappa shape index (κ1) is 22.5. The molecule has 0 unspecified atom stereocenters. The minimum Gasteiger partial charge on any atom is -0.496 e. The summed E-state index contributed by atoms with van der Waals surface area (Å²) in [6.07, 6.45) is 0. The van der Waals surface area contributed by atoms with Gasteiger partial charge in [-0.05, 0) is 24.3 Å². The molecule has 174 valence electrons. The van der Waals surface area contributed by atoms with Gasteiger partial charge in [0.1, 0.15) is 17.2 Å². The van der Waals surface area contributed by atoms with Gasteiger partial charge in [-0.1, -0.05) is 18.2 Å². The summed E-state index contributed by atoms with van der Waals surface area (Å²) in [5, 5.41) is 3.54. The number of methoxy groups -OCH3 is 3. The molecule has 1 fully saturated rings. The third-order valence-corrected chi connectivity index (χ3v) is 5.83. The van der Waals surface area contributed by atoms with E-state index in [4.69, 9.17) is 14.2 Å². The Hall–Kier alpha value is -3.72. The maximum absolute atomic E-state index is 12.9. The number of fused-ring (bicyclic) bond motifs is 1. The molecule has 0 radical (unpaired) electrons. The fourth-order valence-corrected chi connectivity index (χ4v) is 4.19. The number of esters is 1. The molecular formula is C24H28N4O5. The number of hydrogen-bond donors (Lipinski definition) is 2. The number of carbonyl (C=O) groups excluding carboxylic acids is 2. The molecule has 0 aliphatic carbocycles. The van der Waals surface area contributed by atoms with E-state index in [0.29, 0.717) is 22.3 Å². The normalized spacial score (nSPS) is 14.2. The number of hydrogen-bond acceptors (Lipinski definition) is 7. The highest BCUT2D eigenvalue weighted by molar-refractivity contribution is 6.13. The van der Waals surface area contributed by atoms with Gasteiger partial charge < -0.3 is 29.4 Å². The number of amides is 1. The van der Waals surface area contributed by atoms with E-state index in [1.165, 1.54) is 7.11 Å². The minimum absolute atomic E-state index is 0.186. The van der Waals surface area contributed by atoms with Crippen LogP contribution < -0.4 is 19.7 Å². The highest BCUT2D eigenvalue weighted by Crippen LogP contribution is 2.35. The van der Waals surface area contributed by atoms with Gasteiger partial charge >= 0.3 is 5.97 Å². The first-order valence-corrected chi connectivity index (χ1v) is 10.7. The summed E-state index contributed by atoms with van der Waals surface area (Å²) >= 11 is 0. The topological polar surface area (TPSA) is 96.1 Å². The largest absolute Gasteiger partial charge is 0.496 e. The summed E-state index contributed by atoms with van der Waals surface area (Å²) in [5.74, 6) is 0.624. The molecule has 1 aliphatic heterocycles. The summed E-state index contributed by atoms with van der Waals surface area (Å²) < 4.78 is 15.8. The average Bonchev–Trinajstić information content (AvgIpc) is 3.22. The van der Waals surface area contributed by atoms with Gasteiger partial charge in [0, 0.05) is 26.2 Å². The van der Waals surface area contributed by atoms with Crippen LogP contribution in [-0.4, -0.2) is 75.8 Å². The van der Waals surface area contributed by atoms with E-state index in [9.17, 15) is 9.59 Å². The van der Waals surface area contributed by atoms with Gasteiger partial charge in [-0.3, -0.25) is 9.69 Å². The van der Waals surface area contributed by atoms with Crippen molar-refractivity contribution in [3.8, 4) is 11.5 Å². The summed E-state index contributed by atoms with van der Waals surface area (Å²) in [7, 11) is 4.52. The Labute approximate surface area is 192 Å². The van der Waals surface area contributed by atoms with E-state index in [-0.39, 0.29) is 18.1 Å². The zero-order chi connectivity index (χ0) is 23.4. The lowest BCUT2D eigenvalue weighted by Crippen LogP contribution is -2.48. The molecule has 3 aromatic rings. The van der Waals surface area contributed by atoms with Crippen molar-refractivity contribution in [3.05, 3.63) is 48.2 Å². The zero-order valence-corrected chi connectivity index (χ0v) is 19.0. The van der Waals surface area contributed by atoms with E-state index in [2.05, 4.69) is 20.1 Å². The Morgan fingerprint density at radius 1 is 0.939 bits per heavy atom. The van der Waals surface area contributed by atoms with Crippen molar-refractivity contribution in [1.82, 2.24) is 9.88 Å². The number of para-hydroxylation sites is 2. The van der Waals surface area contributed by atoms with Crippen LogP contribution in [0.15, 0.2) is 42.5 Å². The Bertz CT molecular complexity index is 1150. The third-order valence-electron chi connectivity index (χ3n) is 5.83. The number of benzene rings is 2. The number of carbonyl (C=O) groups is 2. The molecule has 9 nitrogen and oxygen atoms in total. The van der Waals surface area contributed by atoms with Crippen LogP contribution in [0.2, 0.25) is 0 Å². The van der Waals surface area contributed by atoms with Gasteiger partial charge in [0.25, 0.3) is 0 Å². The van der Waals surface area contributed by atoms with Gasteiger partial charge in [-0.15, -0.1) is 0 Å². The summed E-state index contributed by atoms with van der Waals surface area (Å²) in [6, 6.07) is 13.3. The summed E-state index contributed by atoms with van der Waals surface area (Å²) in [5.41, 5.74) is 2.28. The molecule has 1 saturated heterocycles. The molecule has 0 bridgehead atoms. The molecule has 2 heterocycles. The van der Waals surface area contributed by atoms with Crippen LogP contribution >= 0.6 is 0 Å². The number of rotatable bonds is 7. The molecular weight excluding hydrogens is 424 g/mol. The fourth-order valence-electron chi connectivity index (χ4n) is 4.19. The van der Waals surface area contributed by atoms with Crippen molar-refractivity contribution < 1.29 is 23.8 Å². The third kappa shape index (κ3) is 4.58. The predicted molar refractivity (Wildman–Crippen MR) is 126 cm³/mol. The Morgan fingerprint density at radius 3 is 2.33 bits per heavy atom. The van der Waals surface area contributed by atoms with Gasteiger partial charge in [0.15, 0.2) is 0 Å². The lowest BCUT2D eigenvalue weighted by Gasteiger charge is -2.36. The van der Waals surface area contributed by atoms with Gasteiger partial charge in [0.05, 0.1) is 50.2 Å². The van der Waals surface area contributed by atoms with Crippen molar-refractivity contribution >= 4 is 34.2 Å². The molecule has 1 aromatic heterocycles. The maximum Gasteiger partial charge on any atom is 0.356 e. The quantitative estimate of drug-likeness (QED) is 0.532. The lowest BCUT2D eigenvalue weighted by molar-refractivity contribution is -0.117. The zero-order valence-electron chi connectivity index (χ0n) is 19.0. The molecule has 4 rings (SSSR count). The molecule has 1 aliphatic rings. The van der Waals surface area contributed by atoms with Crippen LogP contribution in [0.5, 0.6) is 11.5 Å². The number of anilines is 2. The molecule has 33 heavy (non-hydrogen) atoms. The van der Waals surface area contributed by atoms with Crippen LogP contribution in [0.25, 0.3) is 10.9 Å². The van der Waals surface area contributed by atoms with Crippen LogP contribution in [0.1, 0.15) is 10.5 Å². The van der Waals surface area contributed by atoms with Crippen molar-refractivity contribution in [2.45, 2.75) is 0 Å². The highest BCUT2D eigenvalue weighted by Gasteiger charge is 2.25. The molecule has 0 spiro atoms. The van der Waals surface area contributed by atoms with Gasteiger partial charge in [-0.2, -0.15) is 0 Å². The Morgan fingerprint density at radius 2 is 1.64 bits per heavy atom. The van der Waals surface area contributed by atoms with Crippen molar-refractivity contribution in [2.75, 3.05) is 64.3 Å². The SMILES string of the molecule is COC(=O)c1[nH]c2cccc(OC)c2c1NC(=O)CN1CCN(c2ccccc2OC)CC1. The number of ether oxygens (including phenoxy) is 3. The van der Waals surface area contributed by atoms with Gasteiger partial charge in [-0.25, -0.2) is 4.79 Å². The number of aromatic nitrogens is 1. The number of piperazine rings is 1. The van der Waals surface area contributed by atoms with E-state index in [1.807, 2.05) is 36.4 Å². The molecule has 2 N–H and O–H groups in total. The van der Waals surface area contributed by atoms with E-state index >= 15 is 0 Å². The second kappa shape index (κ2) is 9.83. The number of aromatic amines is 1. The molecule has 9 heteroatoms. The summed E-state index contributed by atoms with van der Waals surface area (Å²) in [6.45, 7) is 3.23. The van der Waals surface area contributed by atoms with Crippen molar-refractivity contribution in [3.63, 3.8) is 0 Å². The fraction of sp³-hybridized carbons (Fsp3) is 0.333. The average molecular weight is 453 g/mol. The number of H-pyrrole nitrogens is 1. The molecule has 0 saturated carbocycles. The van der Waals surface area contributed by atoms with Gasteiger partial charge in [0.2, 0.25) is 5.91 Å². The van der Waals surface area contributed by atoms with E-state index < -0.39 is 5.97 Å². The first-order valence-electron chi connectivity index (χ1n) is 10.7. The standard InChI is InChI=1S/C24H28N4O5/c1-31-18-9-5-4-8-17(18)28-13-11-27(12-14-28)15-20(29)26-22-21-16(7-6-10-19(21)32-2)25-23(22)24(30)33-3/h4-10,25H,11-15H2,1-3H3,(H,26,29). The number of nitrogens with one attached hydrogen (secondary N) is 2. The smallest absolute Gasteiger partial charge is 0.356 e. The van der Waals surface area contributed by atoms with E-state index in [1.54, 1.807) is 20.3 Å². The van der Waals surface area contributed by atoms with Crippen LogP contribution in [0.4, 0.5) is 11.4 Å². The van der Waals surface area contributed by atoms with Crippen LogP contribution in [0.3, 0.4) is 0 Å². The van der Waals surface area contributed by atoms with Crippen LogP contribution in [0, 0.1) is 0 Å².